The molecule has 0 radical (unpaired) electrons. The first-order valence-electron chi connectivity index (χ1n) is 5.73. The summed E-state index contributed by atoms with van der Waals surface area (Å²) in [6, 6.07) is 15.6. The van der Waals surface area contributed by atoms with Crippen molar-refractivity contribution in [1.82, 2.24) is 0 Å². The summed E-state index contributed by atoms with van der Waals surface area (Å²) < 4.78 is 0. The van der Waals surface area contributed by atoms with E-state index in [4.69, 9.17) is 10.5 Å². The Hall–Kier alpha value is -2.43. The second kappa shape index (κ2) is 4.35. The summed E-state index contributed by atoms with van der Waals surface area (Å²) in [4.78, 5) is 4.23. The van der Waals surface area contributed by atoms with Gasteiger partial charge < -0.3 is 4.90 Å². The van der Waals surface area contributed by atoms with Crippen LogP contribution < -0.4 is 4.90 Å². The zero-order valence-corrected chi connectivity index (χ0v) is 11.0. The van der Waals surface area contributed by atoms with Gasteiger partial charge in [0.15, 0.2) is 0 Å². The van der Waals surface area contributed by atoms with Gasteiger partial charge in [-0.3, -0.25) is 0 Å². The number of benzene rings is 2. The topological polar surface area (TPSA) is 50.8 Å². The largest absolute Gasteiger partial charge is 0.343 e. The van der Waals surface area contributed by atoms with Gasteiger partial charge in [-0.15, -0.1) is 0 Å². The highest BCUT2D eigenvalue weighted by Crippen LogP contribution is 2.47. The van der Waals surface area contributed by atoms with Gasteiger partial charge in [-0.2, -0.15) is 10.5 Å². The van der Waals surface area contributed by atoms with E-state index in [1.165, 1.54) is 0 Å². The molecule has 0 aromatic heterocycles. The molecule has 2 aromatic rings. The molecule has 3 nitrogen and oxygen atoms in total. The molecule has 0 spiro atoms. The van der Waals surface area contributed by atoms with Gasteiger partial charge in [0.25, 0.3) is 0 Å². The molecule has 0 saturated carbocycles. The third kappa shape index (κ3) is 1.83. The quantitative estimate of drug-likeness (QED) is 0.727. The van der Waals surface area contributed by atoms with Crippen molar-refractivity contribution in [3.8, 4) is 12.1 Å². The smallest absolute Gasteiger partial charge is 0.0992 e. The molecule has 2 aromatic carbocycles. The third-order valence-corrected chi connectivity index (χ3v) is 4.23. The fourth-order valence-corrected chi connectivity index (χ4v) is 3.29. The Bertz CT molecular complexity index is 753. The Kier molecular flexibility index (Phi) is 2.67. The maximum atomic E-state index is 8.98. The second-order valence-corrected chi connectivity index (χ2v) is 5.33. The molecule has 0 saturated heterocycles. The molecular weight excluding hydrogens is 254 g/mol. The number of rotatable bonds is 0. The fraction of sp³-hybridized carbons (Fsp3) is 0.0667. The van der Waals surface area contributed by atoms with Gasteiger partial charge in [-0.1, -0.05) is 11.8 Å². The lowest BCUT2D eigenvalue weighted by Gasteiger charge is -2.29. The number of nitrogens with zero attached hydrogens (tertiary/aromatic N) is 3. The molecular formula is C15H9N3S. The van der Waals surface area contributed by atoms with Gasteiger partial charge >= 0.3 is 0 Å². The molecule has 19 heavy (non-hydrogen) atoms. The normalized spacial score (nSPS) is 12.1. The van der Waals surface area contributed by atoms with Crippen molar-refractivity contribution in [2.75, 3.05) is 11.9 Å². The summed E-state index contributed by atoms with van der Waals surface area (Å²) in [5.41, 5.74) is 3.41. The maximum Gasteiger partial charge on any atom is 0.0992 e. The maximum absolute atomic E-state index is 8.98. The second-order valence-electron chi connectivity index (χ2n) is 4.25. The number of fused-ring (bicyclic) bond motifs is 2. The summed E-state index contributed by atoms with van der Waals surface area (Å²) in [5, 5.41) is 17.9. The Labute approximate surface area is 115 Å². The highest BCUT2D eigenvalue weighted by Gasteiger charge is 2.21. The van der Waals surface area contributed by atoms with Crippen LogP contribution in [0.1, 0.15) is 11.1 Å². The van der Waals surface area contributed by atoms with Crippen LogP contribution in [0.2, 0.25) is 0 Å². The van der Waals surface area contributed by atoms with Crippen LogP contribution in [0.3, 0.4) is 0 Å². The first kappa shape index (κ1) is 11.6. The van der Waals surface area contributed by atoms with Crippen LogP contribution in [0.5, 0.6) is 0 Å². The first-order chi connectivity index (χ1) is 9.22. The van der Waals surface area contributed by atoms with Gasteiger partial charge in [-0.05, 0) is 36.4 Å². The minimum absolute atomic E-state index is 0.656. The molecule has 3 rings (SSSR count). The highest BCUT2D eigenvalue weighted by atomic mass is 32.2. The predicted octanol–water partition coefficient (Wildman–Crippen LogP) is 3.66. The minimum atomic E-state index is 0.656. The molecule has 0 N–H and O–H groups in total. The lowest BCUT2D eigenvalue weighted by Crippen LogP contribution is -2.14. The van der Waals surface area contributed by atoms with E-state index in [2.05, 4.69) is 17.0 Å². The minimum Gasteiger partial charge on any atom is -0.343 e. The van der Waals surface area contributed by atoms with Crippen molar-refractivity contribution in [2.45, 2.75) is 9.79 Å². The van der Waals surface area contributed by atoms with E-state index in [-0.39, 0.29) is 0 Å². The Morgan fingerprint density at radius 2 is 1.58 bits per heavy atom. The van der Waals surface area contributed by atoms with Gasteiger partial charge in [0.1, 0.15) is 0 Å². The predicted molar refractivity (Wildman–Crippen MR) is 74.5 cm³/mol. The van der Waals surface area contributed by atoms with E-state index in [9.17, 15) is 0 Å². The molecule has 1 heterocycles. The van der Waals surface area contributed by atoms with E-state index in [1.54, 1.807) is 11.8 Å². The summed E-state index contributed by atoms with van der Waals surface area (Å²) in [6.45, 7) is 0. The molecule has 90 valence electrons. The van der Waals surface area contributed by atoms with Crippen LogP contribution in [-0.4, -0.2) is 7.05 Å². The van der Waals surface area contributed by atoms with Crippen LogP contribution in [-0.2, 0) is 0 Å². The van der Waals surface area contributed by atoms with Crippen LogP contribution in [0, 0.1) is 22.7 Å². The van der Waals surface area contributed by atoms with E-state index in [0.29, 0.717) is 11.1 Å². The number of anilines is 2. The van der Waals surface area contributed by atoms with Gasteiger partial charge in [-0.25, -0.2) is 0 Å². The monoisotopic (exact) mass is 263 g/mol. The molecule has 0 atom stereocenters. The van der Waals surface area contributed by atoms with Crippen LogP contribution in [0.25, 0.3) is 0 Å². The zero-order chi connectivity index (χ0) is 13.4. The highest BCUT2D eigenvalue weighted by molar-refractivity contribution is 7.99. The van der Waals surface area contributed by atoms with Crippen molar-refractivity contribution in [3.05, 3.63) is 47.5 Å². The molecule has 1 aliphatic heterocycles. The Morgan fingerprint density at radius 3 is 2.32 bits per heavy atom. The van der Waals surface area contributed by atoms with Crippen molar-refractivity contribution in [1.29, 1.82) is 10.5 Å². The first-order valence-corrected chi connectivity index (χ1v) is 6.54. The van der Waals surface area contributed by atoms with E-state index >= 15 is 0 Å². The van der Waals surface area contributed by atoms with Gasteiger partial charge in [0.2, 0.25) is 0 Å². The van der Waals surface area contributed by atoms with Gasteiger partial charge in [0, 0.05) is 16.8 Å². The van der Waals surface area contributed by atoms with E-state index in [0.717, 1.165) is 21.2 Å². The molecule has 1 aliphatic rings. The standard InChI is InChI=1S/C15H9N3S/c1-18-12-4-2-11(9-17)7-15(12)19-14-5-3-10(8-16)6-13(14)18/h2-7H,1H3. The van der Waals surface area contributed by atoms with Crippen molar-refractivity contribution < 1.29 is 0 Å². The number of hydrogen-bond donors (Lipinski definition) is 0. The lowest BCUT2D eigenvalue weighted by atomic mass is 10.1. The van der Waals surface area contributed by atoms with Crippen LogP contribution >= 0.6 is 11.8 Å². The molecule has 0 aliphatic carbocycles. The van der Waals surface area contributed by atoms with Crippen molar-refractivity contribution >= 4 is 23.1 Å². The van der Waals surface area contributed by atoms with Crippen LogP contribution in [0.4, 0.5) is 11.4 Å². The Morgan fingerprint density at radius 1 is 0.895 bits per heavy atom. The molecule has 0 fully saturated rings. The molecule has 4 heteroatoms. The third-order valence-electron chi connectivity index (χ3n) is 3.12. The van der Waals surface area contributed by atoms with E-state index < -0.39 is 0 Å². The summed E-state index contributed by atoms with van der Waals surface area (Å²) in [6.07, 6.45) is 0. The Balaban J connectivity index is 2.15. The molecule has 0 amide bonds. The summed E-state index contributed by atoms with van der Waals surface area (Å²) in [5.74, 6) is 0. The summed E-state index contributed by atoms with van der Waals surface area (Å²) in [7, 11) is 1.98. The SMILES string of the molecule is CN1c2ccc(C#N)cc2Sc2ccc(C#N)cc21. The van der Waals surface area contributed by atoms with Crippen LogP contribution in [0.15, 0.2) is 46.2 Å². The number of hydrogen-bond acceptors (Lipinski definition) is 4. The fourth-order valence-electron chi connectivity index (χ4n) is 2.13. The average Bonchev–Trinajstić information content (AvgIpc) is 2.46. The van der Waals surface area contributed by atoms with E-state index in [1.807, 2.05) is 43.4 Å². The van der Waals surface area contributed by atoms with Crippen molar-refractivity contribution in [3.63, 3.8) is 0 Å². The number of nitriles is 2. The molecule has 0 unspecified atom stereocenters. The molecule has 0 bridgehead atoms. The van der Waals surface area contributed by atoms with Crippen molar-refractivity contribution in [2.24, 2.45) is 0 Å². The average molecular weight is 263 g/mol. The zero-order valence-electron chi connectivity index (χ0n) is 10.2. The lowest BCUT2D eigenvalue weighted by molar-refractivity contribution is 1.11. The van der Waals surface area contributed by atoms with Gasteiger partial charge in [0.05, 0.1) is 34.6 Å². The summed E-state index contributed by atoms with van der Waals surface area (Å²) >= 11 is 1.63.